The van der Waals surface area contributed by atoms with E-state index in [-0.39, 0.29) is 5.97 Å². The van der Waals surface area contributed by atoms with E-state index in [4.69, 9.17) is 4.74 Å². The summed E-state index contributed by atoms with van der Waals surface area (Å²) >= 11 is 1.52. The number of aliphatic imine (C=N–C) groups is 1. The van der Waals surface area contributed by atoms with Gasteiger partial charge in [0.05, 0.1) is 12.2 Å². The second-order valence-corrected chi connectivity index (χ2v) is 6.63. The molecule has 0 unspecified atom stereocenters. The third-order valence-corrected chi connectivity index (χ3v) is 4.70. The predicted molar refractivity (Wildman–Crippen MR) is 97.8 cm³/mol. The number of rotatable bonds is 5. The molecular formula is C18H22N2O2S. The van der Waals surface area contributed by atoms with Gasteiger partial charge in [-0.3, -0.25) is 0 Å². The Labute approximate surface area is 141 Å². The van der Waals surface area contributed by atoms with Crippen LogP contribution in [0.5, 0.6) is 0 Å². The van der Waals surface area contributed by atoms with Gasteiger partial charge in [0.1, 0.15) is 5.00 Å². The molecule has 0 fully saturated rings. The summed E-state index contributed by atoms with van der Waals surface area (Å²) in [6.45, 7) is 6.10. The Kier molecular flexibility index (Phi) is 5.55. The van der Waals surface area contributed by atoms with Crippen LogP contribution in [0.1, 0.15) is 33.3 Å². The second-order valence-electron chi connectivity index (χ2n) is 5.43. The van der Waals surface area contributed by atoms with Crippen LogP contribution in [-0.2, 0) is 4.74 Å². The Morgan fingerprint density at radius 1 is 1.26 bits per heavy atom. The van der Waals surface area contributed by atoms with Crippen LogP contribution >= 0.6 is 11.3 Å². The summed E-state index contributed by atoms with van der Waals surface area (Å²) in [6, 6.07) is 8.10. The lowest BCUT2D eigenvalue weighted by atomic mass is 10.1. The summed E-state index contributed by atoms with van der Waals surface area (Å²) in [5, 5.41) is 0.704. The Morgan fingerprint density at radius 3 is 2.48 bits per heavy atom. The molecule has 0 aliphatic carbocycles. The van der Waals surface area contributed by atoms with E-state index in [0.29, 0.717) is 17.2 Å². The zero-order valence-corrected chi connectivity index (χ0v) is 15.0. The van der Waals surface area contributed by atoms with Crippen LogP contribution in [0.3, 0.4) is 0 Å². The molecule has 0 radical (unpaired) electrons. The summed E-state index contributed by atoms with van der Waals surface area (Å²) in [6.07, 6.45) is 1.78. The van der Waals surface area contributed by atoms with Crippen molar-refractivity contribution in [1.29, 1.82) is 0 Å². The normalized spacial score (nSPS) is 11.0. The van der Waals surface area contributed by atoms with Gasteiger partial charge in [0.25, 0.3) is 0 Å². The molecule has 0 saturated heterocycles. The van der Waals surface area contributed by atoms with Crippen molar-refractivity contribution in [1.82, 2.24) is 0 Å². The molecule has 122 valence electrons. The highest BCUT2D eigenvalue weighted by Crippen LogP contribution is 2.35. The lowest BCUT2D eigenvalue weighted by molar-refractivity contribution is 0.0527. The maximum atomic E-state index is 12.1. The van der Waals surface area contributed by atoms with Crippen molar-refractivity contribution < 1.29 is 9.53 Å². The minimum Gasteiger partial charge on any atom is -0.462 e. The highest BCUT2D eigenvalue weighted by atomic mass is 32.1. The number of esters is 1. The number of carbonyl (C=O) groups is 1. The van der Waals surface area contributed by atoms with E-state index in [1.54, 1.807) is 6.21 Å². The topological polar surface area (TPSA) is 41.9 Å². The Bertz CT molecular complexity index is 715. The molecule has 0 aliphatic rings. The summed E-state index contributed by atoms with van der Waals surface area (Å²) in [7, 11) is 4.01. The first-order chi connectivity index (χ1) is 10.9. The summed E-state index contributed by atoms with van der Waals surface area (Å²) in [5.74, 6) is -0.301. The van der Waals surface area contributed by atoms with Gasteiger partial charge < -0.3 is 9.64 Å². The van der Waals surface area contributed by atoms with Gasteiger partial charge in [0.15, 0.2) is 0 Å². The molecule has 5 heteroatoms. The van der Waals surface area contributed by atoms with Crippen molar-refractivity contribution in [2.45, 2.75) is 20.8 Å². The van der Waals surface area contributed by atoms with E-state index < -0.39 is 0 Å². The van der Waals surface area contributed by atoms with Crippen molar-refractivity contribution in [3.63, 3.8) is 0 Å². The first kappa shape index (κ1) is 17.2. The average molecular weight is 330 g/mol. The molecule has 0 spiro atoms. The smallest absolute Gasteiger partial charge is 0.341 e. The maximum absolute atomic E-state index is 12.1. The van der Waals surface area contributed by atoms with Crippen LogP contribution in [0.25, 0.3) is 0 Å². The zero-order valence-electron chi connectivity index (χ0n) is 14.2. The van der Waals surface area contributed by atoms with Crippen LogP contribution in [-0.4, -0.2) is 32.9 Å². The maximum Gasteiger partial charge on any atom is 0.341 e. The van der Waals surface area contributed by atoms with E-state index in [0.717, 1.165) is 21.7 Å². The first-order valence-corrected chi connectivity index (χ1v) is 8.34. The van der Waals surface area contributed by atoms with Gasteiger partial charge in [-0.2, -0.15) is 0 Å². The SMILES string of the molecule is CCOC(=O)c1c(N=Cc2ccc(N(C)C)cc2)sc(C)c1C. The number of hydrogen-bond acceptors (Lipinski definition) is 5. The lowest BCUT2D eigenvalue weighted by Crippen LogP contribution is -2.08. The van der Waals surface area contributed by atoms with Crippen molar-refractivity contribution in [3.05, 3.63) is 45.8 Å². The van der Waals surface area contributed by atoms with Crippen LogP contribution in [0.2, 0.25) is 0 Å². The molecular weight excluding hydrogens is 308 g/mol. The number of carbonyl (C=O) groups excluding carboxylic acids is 1. The minimum atomic E-state index is -0.301. The highest BCUT2D eigenvalue weighted by Gasteiger charge is 2.19. The quantitative estimate of drug-likeness (QED) is 0.604. The minimum absolute atomic E-state index is 0.301. The molecule has 0 bridgehead atoms. The van der Waals surface area contributed by atoms with Gasteiger partial charge in [-0.05, 0) is 44.0 Å². The van der Waals surface area contributed by atoms with Gasteiger partial charge >= 0.3 is 5.97 Å². The fourth-order valence-corrected chi connectivity index (χ4v) is 3.12. The number of thiophene rings is 1. The monoisotopic (exact) mass is 330 g/mol. The third kappa shape index (κ3) is 3.99. The van der Waals surface area contributed by atoms with Gasteiger partial charge in [0, 0.05) is 30.9 Å². The summed E-state index contributed by atoms with van der Waals surface area (Å²) in [5.41, 5.74) is 3.66. The number of benzene rings is 1. The number of ether oxygens (including phenoxy) is 1. The van der Waals surface area contributed by atoms with E-state index in [9.17, 15) is 4.79 Å². The third-order valence-electron chi connectivity index (χ3n) is 3.59. The van der Waals surface area contributed by atoms with Crippen LogP contribution in [0, 0.1) is 13.8 Å². The number of aryl methyl sites for hydroxylation is 1. The zero-order chi connectivity index (χ0) is 17.0. The molecule has 0 N–H and O–H groups in total. The van der Waals surface area contributed by atoms with Gasteiger partial charge in [-0.25, -0.2) is 9.79 Å². The van der Waals surface area contributed by atoms with Crippen molar-refractivity contribution >= 4 is 34.2 Å². The molecule has 0 aliphatic heterocycles. The molecule has 23 heavy (non-hydrogen) atoms. The van der Waals surface area contributed by atoms with E-state index in [1.165, 1.54) is 11.3 Å². The first-order valence-electron chi connectivity index (χ1n) is 7.52. The fourth-order valence-electron chi connectivity index (χ4n) is 2.14. The Hall–Kier alpha value is -2.14. The molecule has 2 rings (SSSR count). The summed E-state index contributed by atoms with van der Waals surface area (Å²) < 4.78 is 5.15. The van der Waals surface area contributed by atoms with Crippen molar-refractivity contribution in [3.8, 4) is 0 Å². The summed E-state index contributed by atoms with van der Waals surface area (Å²) in [4.78, 5) is 19.8. The molecule has 0 saturated carbocycles. The molecule has 4 nitrogen and oxygen atoms in total. The molecule has 0 atom stereocenters. The van der Waals surface area contributed by atoms with E-state index >= 15 is 0 Å². The lowest BCUT2D eigenvalue weighted by Gasteiger charge is -2.11. The van der Waals surface area contributed by atoms with E-state index in [2.05, 4.69) is 4.99 Å². The van der Waals surface area contributed by atoms with Crippen LogP contribution in [0.15, 0.2) is 29.3 Å². The fraction of sp³-hybridized carbons (Fsp3) is 0.333. The molecule has 2 aromatic rings. The van der Waals surface area contributed by atoms with Gasteiger partial charge in [-0.1, -0.05) is 12.1 Å². The second kappa shape index (κ2) is 7.42. The Morgan fingerprint density at radius 2 is 1.91 bits per heavy atom. The van der Waals surface area contributed by atoms with Crippen LogP contribution < -0.4 is 4.90 Å². The molecule has 0 amide bonds. The molecule has 1 heterocycles. The predicted octanol–water partition coefficient (Wildman–Crippen LogP) is 4.36. The van der Waals surface area contributed by atoms with Crippen molar-refractivity contribution in [2.75, 3.05) is 25.6 Å². The van der Waals surface area contributed by atoms with E-state index in [1.807, 2.05) is 64.0 Å². The number of nitrogens with zero attached hydrogens (tertiary/aromatic N) is 2. The standard InChI is InChI=1S/C18H22N2O2S/c1-6-22-18(21)16-12(2)13(3)23-17(16)19-11-14-7-9-15(10-8-14)20(4)5/h7-11H,6H2,1-5H3. The van der Waals surface area contributed by atoms with Gasteiger partial charge in [-0.15, -0.1) is 11.3 Å². The van der Waals surface area contributed by atoms with Crippen molar-refractivity contribution in [2.24, 2.45) is 4.99 Å². The number of anilines is 1. The van der Waals surface area contributed by atoms with Crippen LogP contribution in [0.4, 0.5) is 10.7 Å². The average Bonchev–Trinajstić information content (AvgIpc) is 2.80. The Balaban J connectivity index is 2.28. The molecule has 1 aromatic carbocycles. The number of hydrogen-bond donors (Lipinski definition) is 0. The van der Waals surface area contributed by atoms with Gasteiger partial charge in [0.2, 0.25) is 0 Å². The molecule has 1 aromatic heterocycles. The largest absolute Gasteiger partial charge is 0.462 e. The highest BCUT2D eigenvalue weighted by molar-refractivity contribution is 7.16.